The molecule has 0 bridgehead atoms. The molecule has 0 aliphatic carbocycles. The molecule has 0 atom stereocenters. The summed E-state index contributed by atoms with van der Waals surface area (Å²) < 4.78 is 0. The molecule has 10 heteroatoms. The van der Waals surface area contributed by atoms with Gasteiger partial charge in [-0.15, -0.1) is 0 Å². The number of aryl methyl sites for hydroxylation is 2. The van der Waals surface area contributed by atoms with Crippen molar-refractivity contribution in [2.75, 3.05) is 0 Å². The number of aromatic hydroxyl groups is 6. The molecule has 0 saturated heterocycles. The molecule has 7 N–H and O–H groups in total. The van der Waals surface area contributed by atoms with E-state index in [1.54, 1.807) is 53.7 Å². The highest BCUT2D eigenvalue weighted by atomic mass is 16.4. The Morgan fingerprint density at radius 3 is 1.31 bits per heavy atom. The van der Waals surface area contributed by atoms with E-state index in [4.69, 9.17) is 5.11 Å². The molecule has 4 rings (SSSR count). The van der Waals surface area contributed by atoms with Crippen molar-refractivity contribution in [2.24, 2.45) is 0 Å². The number of aldehydes is 2. The van der Waals surface area contributed by atoms with Crippen molar-refractivity contribution in [3.63, 3.8) is 0 Å². The highest BCUT2D eigenvalue weighted by Crippen LogP contribution is 2.54. The van der Waals surface area contributed by atoms with Gasteiger partial charge in [0.25, 0.3) is 0 Å². The lowest BCUT2D eigenvalue weighted by molar-refractivity contribution is -0.137. The number of carbonyl (C=O) groups excluding carboxylic acids is 2. The molecular formula is C38H46O10. The Kier molecular flexibility index (Phi) is 11.9. The van der Waals surface area contributed by atoms with Gasteiger partial charge in [0.15, 0.2) is 35.6 Å². The summed E-state index contributed by atoms with van der Waals surface area (Å²) in [6, 6.07) is 3.31. The van der Waals surface area contributed by atoms with Crippen molar-refractivity contribution in [1.29, 1.82) is 0 Å². The summed E-state index contributed by atoms with van der Waals surface area (Å²) in [7, 11) is 0. The maximum Gasteiger partial charge on any atom is 0.303 e. The molecule has 0 aliphatic rings. The monoisotopic (exact) mass is 662 g/mol. The molecule has 4 aromatic rings. The predicted molar refractivity (Wildman–Crippen MR) is 186 cm³/mol. The van der Waals surface area contributed by atoms with E-state index in [1.807, 2.05) is 0 Å². The number of carboxylic acids is 1. The molecule has 0 aromatic heterocycles. The van der Waals surface area contributed by atoms with Gasteiger partial charge in [-0.2, -0.15) is 0 Å². The maximum atomic E-state index is 12.0. The van der Waals surface area contributed by atoms with E-state index in [0.717, 1.165) is 12.8 Å². The van der Waals surface area contributed by atoms with E-state index < -0.39 is 40.5 Å². The second-order valence-electron chi connectivity index (χ2n) is 12.8. The van der Waals surface area contributed by atoms with Gasteiger partial charge in [-0.25, -0.2) is 0 Å². The molecule has 0 radical (unpaired) electrons. The zero-order chi connectivity index (χ0) is 36.2. The smallest absolute Gasteiger partial charge is 0.303 e. The summed E-state index contributed by atoms with van der Waals surface area (Å²) in [5.41, 5.74) is 1.33. The van der Waals surface area contributed by atoms with Crippen molar-refractivity contribution in [3.05, 3.63) is 45.5 Å². The van der Waals surface area contributed by atoms with E-state index in [-0.39, 0.29) is 44.9 Å². The van der Waals surface area contributed by atoms with Gasteiger partial charge in [-0.05, 0) is 54.0 Å². The molecule has 0 heterocycles. The number of aliphatic carboxylic acids is 1. The molecule has 10 nitrogen and oxygen atoms in total. The van der Waals surface area contributed by atoms with Crippen molar-refractivity contribution in [1.82, 2.24) is 0 Å². The first-order chi connectivity index (χ1) is 22.6. The number of rotatable bonds is 11. The Balaban J connectivity index is 0.000000542. The van der Waals surface area contributed by atoms with Crippen molar-refractivity contribution in [3.8, 4) is 45.6 Å². The third-order valence-electron chi connectivity index (χ3n) is 8.72. The Morgan fingerprint density at radius 2 is 1.00 bits per heavy atom. The van der Waals surface area contributed by atoms with Gasteiger partial charge in [0.1, 0.15) is 11.5 Å². The zero-order valence-corrected chi connectivity index (χ0v) is 28.6. The standard InChI is InChI=1S/C30H30O8.C8H16O2/c1-11(2)19-15-7-13(5)21(27(35)23(15)17(9-31)25(33)29(19)37)22-14(6)8-16-20(12(3)4)30(38)26(34)18(10-32)24(16)28(22)36;1-2-3-4-5-6-7-8(9)10/h7-12,33-38H,1-6H3;2-7H2,1H3,(H,9,10). The highest BCUT2D eigenvalue weighted by molar-refractivity contribution is 6.14. The van der Waals surface area contributed by atoms with Crippen LogP contribution < -0.4 is 0 Å². The highest BCUT2D eigenvalue weighted by Gasteiger charge is 2.29. The van der Waals surface area contributed by atoms with Gasteiger partial charge in [0.05, 0.1) is 11.1 Å². The summed E-state index contributed by atoms with van der Waals surface area (Å²) in [6.07, 6.45) is 6.57. The third-order valence-corrected chi connectivity index (χ3v) is 8.72. The number of phenolic OH excluding ortho intramolecular Hbond substituents is 6. The lowest BCUT2D eigenvalue weighted by Gasteiger charge is -2.23. The van der Waals surface area contributed by atoms with E-state index in [1.165, 1.54) is 19.3 Å². The lowest BCUT2D eigenvalue weighted by Crippen LogP contribution is -2.01. The Labute approximate surface area is 279 Å². The first-order valence-electron chi connectivity index (χ1n) is 16.2. The van der Waals surface area contributed by atoms with E-state index >= 15 is 0 Å². The minimum absolute atomic E-state index is 0.00512. The van der Waals surface area contributed by atoms with Crippen molar-refractivity contribution < 1.29 is 50.1 Å². The first-order valence-corrected chi connectivity index (χ1v) is 16.2. The fourth-order valence-corrected chi connectivity index (χ4v) is 6.48. The molecule has 0 fully saturated rings. The van der Waals surface area contributed by atoms with Crippen LogP contribution in [0.1, 0.15) is 128 Å². The van der Waals surface area contributed by atoms with Crippen LogP contribution in [0.5, 0.6) is 34.5 Å². The normalized spacial score (nSPS) is 11.3. The van der Waals surface area contributed by atoms with E-state index in [9.17, 15) is 45.0 Å². The molecule has 0 spiro atoms. The second kappa shape index (κ2) is 15.3. The number of carbonyl (C=O) groups is 3. The number of fused-ring (bicyclic) bond motifs is 2. The zero-order valence-electron chi connectivity index (χ0n) is 28.6. The fraction of sp³-hybridized carbons (Fsp3) is 0.395. The Bertz CT molecular complexity index is 1760. The lowest BCUT2D eigenvalue weighted by atomic mass is 9.83. The topological polar surface area (TPSA) is 193 Å². The van der Waals surface area contributed by atoms with Crippen LogP contribution >= 0.6 is 0 Å². The first kappa shape index (κ1) is 37.5. The number of unbranched alkanes of at least 4 members (excludes halogenated alkanes) is 4. The van der Waals surface area contributed by atoms with E-state index in [0.29, 0.717) is 52.0 Å². The average Bonchev–Trinajstić information content (AvgIpc) is 3.00. The molecule has 0 saturated carbocycles. The van der Waals surface area contributed by atoms with Crippen LogP contribution in [0.15, 0.2) is 12.1 Å². The molecule has 0 aliphatic heterocycles. The van der Waals surface area contributed by atoms with Gasteiger partial charge in [-0.3, -0.25) is 14.4 Å². The Morgan fingerprint density at radius 1 is 0.625 bits per heavy atom. The van der Waals surface area contributed by atoms with Gasteiger partial charge in [0, 0.05) is 39.4 Å². The predicted octanol–water partition coefficient (Wildman–Crippen LogP) is 8.81. The minimum atomic E-state index is -0.670. The third kappa shape index (κ3) is 6.83. The van der Waals surface area contributed by atoms with Gasteiger partial charge < -0.3 is 35.7 Å². The maximum absolute atomic E-state index is 12.0. The number of hydrogen-bond donors (Lipinski definition) is 7. The fourth-order valence-electron chi connectivity index (χ4n) is 6.48. The summed E-state index contributed by atoms with van der Waals surface area (Å²) >= 11 is 0. The number of hydrogen-bond acceptors (Lipinski definition) is 9. The summed E-state index contributed by atoms with van der Waals surface area (Å²) in [4.78, 5) is 34.0. The minimum Gasteiger partial charge on any atom is -0.507 e. The van der Waals surface area contributed by atoms with Crippen LogP contribution in [0.2, 0.25) is 0 Å². The van der Waals surface area contributed by atoms with Crippen LogP contribution in [-0.2, 0) is 4.79 Å². The van der Waals surface area contributed by atoms with Gasteiger partial charge >= 0.3 is 5.97 Å². The van der Waals surface area contributed by atoms with Gasteiger partial charge in [-0.1, -0.05) is 72.4 Å². The summed E-state index contributed by atoms with van der Waals surface area (Å²) in [5, 5.41) is 74.6. The van der Waals surface area contributed by atoms with Crippen molar-refractivity contribution >= 4 is 40.1 Å². The molecule has 48 heavy (non-hydrogen) atoms. The molecule has 4 aromatic carbocycles. The second-order valence-corrected chi connectivity index (χ2v) is 12.8. The molecule has 0 amide bonds. The number of benzene rings is 4. The van der Waals surface area contributed by atoms with Crippen LogP contribution in [0.3, 0.4) is 0 Å². The summed E-state index contributed by atoms with van der Waals surface area (Å²) in [5.74, 6) is -4.24. The van der Waals surface area contributed by atoms with Crippen LogP contribution in [-0.4, -0.2) is 54.3 Å². The van der Waals surface area contributed by atoms with Gasteiger partial charge in [0.2, 0.25) is 0 Å². The molecule has 0 unspecified atom stereocenters. The van der Waals surface area contributed by atoms with Crippen LogP contribution in [0.4, 0.5) is 0 Å². The van der Waals surface area contributed by atoms with Crippen LogP contribution in [0, 0.1) is 13.8 Å². The largest absolute Gasteiger partial charge is 0.507 e. The van der Waals surface area contributed by atoms with E-state index in [2.05, 4.69) is 6.92 Å². The van der Waals surface area contributed by atoms with Crippen LogP contribution in [0.25, 0.3) is 32.7 Å². The van der Waals surface area contributed by atoms with Crippen molar-refractivity contribution in [2.45, 2.75) is 98.8 Å². The quantitative estimate of drug-likeness (QED) is 0.0463. The number of phenols is 6. The Hall–Kier alpha value is -4.99. The SMILES string of the molecule is CCCCCCCC(=O)O.Cc1cc2c(C(C)C)c(O)c(O)c(C=O)c2c(O)c1-c1c(C)cc2c(C(C)C)c(O)c(O)c(C=O)c2c1O. The summed E-state index contributed by atoms with van der Waals surface area (Å²) in [6.45, 7) is 12.7. The molecule has 258 valence electrons. The number of carboxylic acid groups (broad SMARTS) is 1. The average molecular weight is 663 g/mol. The molecular weight excluding hydrogens is 616 g/mol.